The van der Waals surface area contributed by atoms with Crippen LogP contribution in [-0.4, -0.2) is 20.6 Å². The van der Waals surface area contributed by atoms with Gasteiger partial charge in [-0.25, -0.2) is 9.78 Å². The largest absolute Gasteiger partial charge is 0.478 e. The lowest BCUT2D eigenvalue weighted by Gasteiger charge is -2.11. The van der Waals surface area contributed by atoms with Gasteiger partial charge in [0.15, 0.2) is 5.16 Å². The average molecular weight is 451 g/mol. The quantitative estimate of drug-likeness (QED) is 0.279. The van der Waals surface area contributed by atoms with Crippen LogP contribution in [0.4, 0.5) is 0 Å². The molecule has 0 aliphatic heterocycles. The molecule has 4 nitrogen and oxygen atoms in total. The van der Waals surface area contributed by atoms with E-state index in [0.717, 1.165) is 21.8 Å². The SMILES string of the molecule is O=C(O)c1ccccc1CSc1nc2ccccc2n1Cc1ccc(-c2ccccc2)cc1. The zero-order chi connectivity index (χ0) is 22.6. The summed E-state index contributed by atoms with van der Waals surface area (Å²) in [7, 11) is 0. The lowest BCUT2D eigenvalue weighted by molar-refractivity contribution is 0.0696. The van der Waals surface area contributed by atoms with Gasteiger partial charge >= 0.3 is 5.97 Å². The van der Waals surface area contributed by atoms with Crippen molar-refractivity contribution in [2.24, 2.45) is 0 Å². The van der Waals surface area contributed by atoms with E-state index in [2.05, 4.69) is 47.0 Å². The van der Waals surface area contributed by atoms with Crippen LogP contribution in [0.3, 0.4) is 0 Å². The summed E-state index contributed by atoms with van der Waals surface area (Å²) >= 11 is 1.57. The number of fused-ring (bicyclic) bond motifs is 1. The summed E-state index contributed by atoms with van der Waals surface area (Å²) in [6, 6.07) is 34.2. The highest BCUT2D eigenvalue weighted by atomic mass is 32.2. The number of thioether (sulfide) groups is 1. The molecular weight excluding hydrogens is 428 g/mol. The number of carboxylic acids is 1. The maximum atomic E-state index is 11.6. The number of carbonyl (C=O) groups is 1. The molecule has 0 amide bonds. The van der Waals surface area contributed by atoms with Crippen molar-refractivity contribution < 1.29 is 9.90 Å². The Morgan fingerprint density at radius 2 is 1.45 bits per heavy atom. The third-order valence-electron chi connectivity index (χ3n) is 5.63. The van der Waals surface area contributed by atoms with Crippen LogP contribution in [0.25, 0.3) is 22.2 Å². The van der Waals surface area contributed by atoms with Crippen LogP contribution in [-0.2, 0) is 12.3 Å². The number of aromatic nitrogens is 2. The molecule has 0 aliphatic rings. The Hall–Kier alpha value is -3.83. The van der Waals surface area contributed by atoms with Crippen molar-refractivity contribution in [1.29, 1.82) is 0 Å². The topological polar surface area (TPSA) is 55.1 Å². The summed E-state index contributed by atoms with van der Waals surface area (Å²) in [4.78, 5) is 16.4. The van der Waals surface area contributed by atoms with Crippen molar-refractivity contribution in [3.8, 4) is 11.1 Å². The van der Waals surface area contributed by atoms with Gasteiger partial charge in [-0.15, -0.1) is 0 Å². The van der Waals surface area contributed by atoms with E-state index in [1.807, 2.05) is 48.5 Å². The van der Waals surface area contributed by atoms with Gasteiger partial charge in [0.05, 0.1) is 23.1 Å². The number of hydrogen-bond acceptors (Lipinski definition) is 3. The smallest absolute Gasteiger partial charge is 0.335 e. The van der Waals surface area contributed by atoms with Crippen molar-refractivity contribution in [3.05, 3.63) is 120 Å². The van der Waals surface area contributed by atoms with Crippen molar-refractivity contribution in [2.45, 2.75) is 17.5 Å². The molecule has 0 aliphatic carbocycles. The van der Waals surface area contributed by atoms with E-state index in [9.17, 15) is 9.90 Å². The third kappa shape index (κ3) is 4.54. The third-order valence-corrected chi connectivity index (χ3v) is 6.65. The fourth-order valence-corrected chi connectivity index (χ4v) is 4.95. The van der Waals surface area contributed by atoms with Crippen LogP contribution >= 0.6 is 11.8 Å². The molecule has 0 radical (unpaired) electrons. The second-order valence-electron chi connectivity index (χ2n) is 7.78. The lowest BCUT2D eigenvalue weighted by atomic mass is 10.0. The molecule has 1 aromatic heterocycles. The molecule has 33 heavy (non-hydrogen) atoms. The number of nitrogens with zero attached hydrogens (tertiary/aromatic N) is 2. The summed E-state index contributed by atoms with van der Waals surface area (Å²) in [6.07, 6.45) is 0. The summed E-state index contributed by atoms with van der Waals surface area (Å²) in [5.41, 5.74) is 6.71. The highest BCUT2D eigenvalue weighted by Gasteiger charge is 2.14. The Morgan fingerprint density at radius 3 is 2.24 bits per heavy atom. The molecular formula is C28H22N2O2S. The number of aromatic carboxylic acids is 1. The summed E-state index contributed by atoms with van der Waals surface area (Å²) in [5.74, 6) is -0.364. The molecule has 0 saturated heterocycles. The predicted octanol–water partition coefficient (Wildman–Crippen LogP) is 6.74. The van der Waals surface area contributed by atoms with Gasteiger partial charge in [0.2, 0.25) is 0 Å². The molecule has 162 valence electrons. The minimum Gasteiger partial charge on any atom is -0.478 e. The van der Waals surface area contributed by atoms with Gasteiger partial charge < -0.3 is 9.67 Å². The van der Waals surface area contributed by atoms with E-state index in [4.69, 9.17) is 4.98 Å². The maximum absolute atomic E-state index is 11.6. The minimum atomic E-state index is -0.904. The molecule has 0 saturated carbocycles. The van der Waals surface area contributed by atoms with Crippen LogP contribution in [0.2, 0.25) is 0 Å². The summed E-state index contributed by atoms with van der Waals surface area (Å²) in [6.45, 7) is 0.693. The highest BCUT2D eigenvalue weighted by molar-refractivity contribution is 7.98. The molecule has 1 heterocycles. The van der Waals surface area contributed by atoms with Crippen LogP contribution in [0.1, 0.15) is 21.5 Å². The average Bonchev–Trinajstić information content (AvgIpc) is 3.21. The van der Waals surface area contributed by atoms with Crippen molar-refractivity contribution in [2.75, 3.05) is 0 Å². The van der Waals surface area contributed by atoms with Crippen LogP contribution in [0, 0.1) is 0 Å². The standard InChI is InChI=1S/C28H22N2O2S/c31-27(32)24-11-5-4-10-23(24)19-33-28-29-25-12-6-7-13-26(25)30(28)18-20-14-16-22(17-15-20)21-8-2-1-3-9-21/h1-17H,18-19H2,(H,31,32). The Kier molecular flexibility index (Phi) is 5.96. The molecule has 1 N–H and O–H groups in total. The van der Waals surface area contributed by atoms with Crippen LogP contribution < -0.4 is 0 Å². The van der Waals surface area contributed by atoms with Gasteiger partial charge in [-0.3, -0.25) is 0 Å². The normalized spacial score (nSPS) is 11.0. The monoisotopic (exact) mass is 450 g/mol. The van der Waals surface area contributed by atoms with E-state index in [-0.39, 0.29) is 0 Å². The number of hydrogen-bond donors (Lipinski definition) is 1. The molecule has 5 aromatic rings. The first-order valence-corrected chi connectivity index (χ1v) is 11.7. The van der Waals surface area contributed by atoms with Gasteiger partial charge in [0, 0.05) is 5.75 Å². The molecule has 0 unspecified atom stereocenters. The van der Waals surface area contributed by atoms with Gasteiger partial charge in [-0.05, 0) is 40.5 Å². The van der Waals surface area contributed by atoms with Crippen molar-refractivity contribution in [3.63, 3.8) is 0 Å². The van der Waals surface area contributed by atoms with Crippen molar-refractivity contribution >= 4 is 28.8 Å². The molecule has 0 fully saturated rings. The first kappa shape index (κ1) is 21.0. The summed E-state index contributed by atoms with van der Waals surface area (Å²) < 4.78 is 2.21. The molecule has 0 spiro atoms. The Balaban J connectivity index is 1.43. The Labute approximate surface area is 196 Å². The van der Waals surface area contributed by atoms with E-state index >= 15 is 0 Å². The molecule has 4 aromatic carbocycles. The number of benzene rings is 4. The van der Waals surface area contributed by atoms with Crippen molar-refractivity contribution in [1.82, 2.24) is 9.55 Å². The van der Waals surface area contributed by atoms with Gasteiger partial charge in [0.25, 0.3) is 0 Å². The van der Waals surface area contributed by atoms with Gasteiger partial charge in [-0.2, -0.15) is 0 Å². The minimum absolute atomic E-state index is 0.337. The zero-order valence-electron chi connectivity index (χ0n) is 17.9. The Bertz CT molecular complexity index is 1410. The van der Waals surface area contributed by atoms with Crippen LogP contribution in [0.5, 0.6) is 0 Å². The number of carboxylic acid groups (broad SMARTS) is 1. The van der Waals surface area contributed by atoms with E-state index in [0.29, 0.717) is 17.9 Å². The number of rotatable bonds is 7. The maximum Gasteiger partial charge on any atom is 0.335 e. The van der Waals surface area contributed by atoms with Crippen LogP contribution in [0.15, 0.2) is 108 Å². The highest BCUT2D eigenvalue weighted by Crippen LogP contribution is 2.29. The lowest BCUT2D eigenvalue weighted by Crippen LogP contribution is -2.03. The second kappa shape index (κ2) is 9.35. The zero-order valence-corrected chi connectivity index (χ0v) is 18.7. The molecule has 5 heteroatoms. The number of para-hydroxylation sites is 2. The fraction of sp³-hybridized carbons (Fsp3) is 0.0714. The summed E-state index contributed by atoms with van der Waals surface area (Å²) in [5, 5.41) is 10.4. The number of imidazole rings is 1. The van der Waals surface area contributed by atoms with Gasteiger partial charge in [-0.1, -0.05) is 96.7 Å². The predicted molar refractivity (Wildman–Crippen MR) is 134 cm³/mol. The van der Waals surface area contributed by atoms with Gasteiger partial charge in [0.1, 0.15) is 0 Å². The van der Waals surface area contributed by atoms with E-state index in [1.165, 1.54) is 16.7 Å². The molecule has 0 bridgehead atoms. The Morgan fingerprint density at radius 1 is 0.788 bits per heavy atom. The molecule has 0 atom stereocenters. The molecule has 5 rings (SSSR count). The first-order chi connectivity index (χ1) is 16.2. The van der Waals surface area contributed by atoms with E-state index in [1.54, 1.807) is 23.9 Å². The fourth-order valence-electron chi connectivity index (χ4n) is 3.93. The van der Waals surface area contributed by atoms with E-state index < -0.39 is 5.97 Å². The second-order valence-corrected chi connectivity index (χ2v) is 8.73. The first-order valence-electron chi connectivity index (χ1n) is 10.7.